The van der Waals surface area contributed by atoms with Crippen molar-refractivity contribution in [1.82, 2.24) is 9.55 Å². The molecule has 1 rings (SSSR count). The zero-order valence-corrected chi connectivity index (χ0v) is 10.7. The van der Waals surface area contributed by atoms with Crippen LogP contribution in [0.5, 0.6) is 0 Å². The number of amides is 1. The van der Waals surface area contributed by atoms with Gasteiger partial charge in [-0.25, -0.2) is 9.59 Å². The molecule has 0 unspecified atom stereocenters. The number of aliphatic carboxylic acids is 1. The number of carbonyl (C=O) groups is 2. The number of rotatable bonds is 5. The lowest BCUT2D eigenvalue weighted by atomic mass is 10.1. The van der Waals surface area contributed by atoms with Gasteiger partial charge in [0.1, 0.15) is 6.61 Å². The average Bonchev–Trinajstić information content (AvgIpc) is 2.28. The van der Waals surface area contributed by atoms with E-state index in [2.05, 4.69) is 9.72 Å². The standard InChI is InChI=1S/C11H15N3O5/c1-6-8(5-9(15)16)7(2)14(11(18)13-6)3-4-19-10(12)17/h3-5H2,1-2H3,(H2,12,17)(H,15,16). The van der Waals surface area contributed by atoms with Gasteiger partial charge in [0, 0.05) is 17.0 Å². The molecule has 0 bridgehead atoms. The lowest BCUT2D eigenvalue weighted by molar-refractivity contribution is -0.136. The second-order valence-corrected chi connectivity index (χ2v) is 3.93. The van der Waals surface area contributed by atoms with Gasteiger partial charge in [-0.15, -0.1) is 0 Å². The number of ether oxygens (including phenoxy) is 1. The van der Waals surface area contributed by atoms with Gasteiger partial charge in [0.15, 0.2) is 0 Å². The Hall–Kier alpha value is -2.38. The molecular weight excluding hydrogens is 254 g/mol. The summed E-state index contributed by atoms with van der Waals surface area (Å²) in [7, 11) is 0. The van der Waals surface area contributed by atoms with Crippen LogP contribution in [0.3, 0.4) is 0 Å². The Balaban J connectivity index is 3.06. The topological polar surface area (TPSA) is 125 Å². The Bertz CT molecular complexity index is 564. The molecule has 0 spiro atoms. The van der Waals surface area contributed by atoms with E-state index in [1.54, 1.807) is 13.8 Å². The molecular formula is C11H15N3O5. The molecule has 1 amide bonds. The minimum Gasteiger partial charge on any atom is -0.481 e. The SMILES string of the molecule is Cc1nc(=O)n(CCOC(N)=O)c(C)c1CC(=O)O. The second kappa shape index (κ2) is 5.98. The summed E-state index contributed by atoms with van der Waals surface area (Å²) < 4.78 is 5.80. The molecule has 0 aromatic carbocycles. The number of nitrogens with zero attached hydrogens (tertiary/aromatic N) is 2. The number of primary amides is 1. The number of nitrogens with two attached hydrogens (primary N) is 1. The third-order valence-corrected chi connectivity index (χ3v) is 2.66. The van der Waals surface area contributed by atoms with Crippen molar-refractivity contribution >= 4 is 12.1 Å². The summed E-state index contributed by atoms with van der Waals surface area (Å²) in [5.41, 5.74) is 5.65. The van der Waals surface area contributed by atoms with E-state index in [9.17, 15) is 14.4 Å². The highest BCUT2D eigenvalue weighted by Crippen LogP contribution is 2.10. The van der Waals surface area contributed by atoms with Crippen LogP contribution < -0.4 is 11.4 Å². The number of hydrogen-bond acceptors (Lipinski definition) is 5. The lowest BCUT2D eigenvalue weighted by Crippen LogP contribution is -2.30. The lowest BCUT2D eigenvalue weighted by Gasteiger charge is -2.14. The fourth-order valence-corrected chi connectivity index (χ4v) is 1.75. The summed E-state index contributed by atoms with van der Waals surface area (Å²) >= 11 is 0. The molecule has 19 heavy (non-hydrogen) atoms. The molecule has 1 heterocycles. The first kappa shape index (κ1) is 14.7. The average molecular weight is 269 g/mol. The van der Waals surface area contributed by atoms with E-state index in [1.807, 2.05) is 0 Å². The van der Waals surface area contributed by atoms with Gasteiger partial charge in [-0.05, 0) is 13.8 Å². The summed E-state index contributed by atoms with van der Waals surface area (Å²) in [6, 6.07) is 0. The normalized spacial score (nSPS) is 10.2. The van der Waals surface area contributed by atoms with Gasteiger partial charge < -0.3 is 15.6 Å². The van der Waals surface area contributed by atoms with E-state index < -0.39 is 17.8 Å². The zero-order chi connectivity index (χ0) is 14.6. The van der Waals surface area contributed by atoms with Crippen molar-refractivity contribution in [2.75, 3.05) is 6.61 Å². The van der Waals surface area contributed by atoms with E-state index >= 15 is 0 Å². The van der Waals surface area contributed by atoms with Crippen molar-refractivity contribution in [3.8, 4) is 0 Å². The van der Waals surface area contributed by atoms with Crippen molar-refractivity contribution in [3.63, 3.8) is 0 Å². The maximum Gasteiger partial charge on any atom is 0.404 e. The van der Waals surface area contributed by atoms with E-state index in [0.29, 0.717) is 17.0 Å². The van der Waals surface area contributed by atoms with Crippen LogP contribution in [0.4, 0.5) is 4.79 Å². The molecule has 0 atom stereocenters. The van der Waals surface area contributed by atoms with Crippen LogP contribution in [0.1, 0.15) is 17.0 Å². The van der Waals surface area contributed by atoms with Gasteiger partial charge in [-0.2, -0.15) is 4.98 Å². The van der Waals surface area contributed by atoms with Crippen LogP contribution in [0, 0.1) is 13.8 Å². The number of aromatic nitrogens is 2. The summed E-state index contributed by atoms with van der Waals surface area (Å²) in [6.45, 7) is 3.20. The van der Waals surface area contributed by atoms with Crippen molar-refractivity contribution in [3.05, 3.63) is 27.4 Å². The van der Waals surface area contributed by atoms with Crippen LogP contribution >= 0.6 is 0 Å². The van der Waals surface area contributed by atoms with E-state index in [0.717, 1.165) is 0 Å². The van der Waals surface area contributed by atoms with E-state index in [1.165, 1.54) is 4.57 Å². The number of aryl methyl sites for hydroxylation is 1. The third-order valence-electron chi connectivity index (χ3n) is 2.66. The number of hydrogen-bond donors (Lipinski definition) is 2. The molecule has 8 heteroatoms. The number of carboxylic acid groups (broad SMARTS) is 1. The Morgan fingerprint density at radius 2 is 2.05 bits per heavy atom. The quantitative estimate of drug-likeness (QED) is 0.748. The summed E-state index contributed by atoms with van der Waals surface area (Å²) in [6.07, 6.45) is -1.15. The smallest absolute Gasteiger partial charge is 0.404 e. The minimum absolute atomic E-state index is 0.0761. The largest absolute Gasteiger partial charge is 0.481 e. The fraction of sp³-hybridized carbons (Fsp3) is 0.455. The summed E-state index contributed by atoms with van der Waals surface area (Å²) in [5.74, 6) is -1.01. The molecule has 0 saturated carbocycles. The van der Waals surface area contributed by atoms with Crippen molar-refractivity contribution in [2.24, 2.45) is 5.73 Å². The molecule has 1 aromatic heterocycles. The van der Waals surface area contributed by atoms with E-state index in [-0.39, 0.29) is 19.6 Å². The van der Waals surface area contributed by atoms with E-state index in [4.69, 9.17) is 10.8 Å². The first-order chi connectivity index (χ1) is 8.82. The maximum absolute atomic E-state index is 11.7. The second-order valence-electron chi connectivity index (χ2n) is 3.93. The van der Waals surface area contributed by atoms with Gasteiger partial charge in [0.05, 0.1) is 13.0 Å². The summed E-state index contributed by atoms with van der Waals surface area (Å²) in [5, 5.41) is 8.82. The van der Waals surface area contributed by atoms with Gasteiger partial charge in [0.25, 0.3) is 0 Å². The van der Waals surface area contributed by atoms with Crippen LogP contribution in [0.2, 0.25) is 0 Å². The van der Waals surface area contributed by atoms with Crippen molar-refractivity contribution in [2.45, 2.75) is 26.8 Å². The number of carbonyl (C=O) groups excluding carboxylic acids is 1. The zero-order valence-electron chi connectivity index (χ0n) is 10.7. The van der Waals surface area contributed by atoms with Crippen LogP contribution in [-0.4, -0.2) is 33.3 Å². The highest BCUT2D eigenvalue weighted by Gasteiger charge is 2.14. The first-order valence-electron chi connectivity index (χ1n) is 5.54. The molecule has 0 fully saturated rings. The predicted molar refractivity (Wildman–Crippen MR) is 64.8 cm³/mol. The molecule has 0 radical (unpaired) electrons. The minimum atomic E-state index is -1.01. The highest BCUT2D eigenvalue weighted by atomic mass is 16.5. The molecule has 0 aliphatic heterocycles. The highest BCUT2D eigenvalue weighted by molar-refractivity contribution is 5.70. The first-order valence-corrected chi connectivity index (χ1v) is 5.54. The summed E-state index contributed by atoms with van der Waals surface area (Å²) in [4.78, 5) is 36.7. The molecule has 104 valence electrons. The maximum atomic E-state index is 11.7. The molecule has 0 aliphatic rings. The van der Waals surface area contributed by atoms with Gasteiger partial charge in [-0.1, -0.05) is 0 Å². The van der Waals surface area contributed by atoms with Crippen molar-refractivity contribution in [1.29, 1.82) is 0 Å². The molecule has 0 saturated heterocycles. The molecule has 0 aliphatic carbocycles. The Kier molecular flexibility index (Phi) is 4.62. The Labute approximate surface area is 108 Å². The van der Waals surface area contributed by atoms with Crippen LogP contribution in [-0.2, 0) is 22.5 Å². The predicted octanol–water partition coefficient (Wildman–Crippen LogP) is -0.417. The van der Waals surface area contributed by atoms with Crippen LogP contribution in [0.15, 0.2) is 4.79 Å². The third kappa shape index (κ3) is 3.80. The van der Waals surface area contributed by atoms with Gasteiger partial charge in [0.2, 0.25) is 0 Å². The molecule has 1 aromatic rings. The molecule has 3 N–H and O–H groups in total. The van der Waals surface area contributed by atoms with Crippen molar-refractivity contribution < 1.29 is 19.4 Å². The monoisotopic (exact) mass is 269 g/mol. The van der Waals surface area contributed by atoms with Gasteiger partial charge in [-0.3, -0.25) is 9.36 Å². The van der Waals surface area contributed by atoms with Crippen LogP contribution in [0.25, 0.3) is 0 Å². The molecule has 8 nitrogen and oxygen atoms in total. The number of carboxylic acids is 1. The Morgan fingerprint density at radius 1 is 1.42 bits per heavy atom. The Morgan fingerprint density at radius 3 is 2.58 bits per heavy atom. The van der Waals surface area contributed by atoms with Gasteiger partial charge >= 0.3 is 17.8 Å². The fourth-order valence-electron chi connectivity index (χ4n) is 1.75.